The molecule has 0 unspecified atom stereocenters. The lowest BCUT2D eigenvalue weighted by Gasteiger charge is -2.12. The Morgan fingerprint density at radius 1 is 0.878 bits per heavy atom. The second-order valence-electron chi connectivity index (χ2n) is 9.63. The van der Waals surface area contributed by atoms with Gasteiger partial charge in [0.2, 0.25) is 0 Å². The molecule has 0 fully saturated rings. The van der Waals surface area contributed by atoms with Crippen LogP contribution in [0.4, 0.5) is 5.69 Å². The summed E-state index contributed by atoms with van der Waals surface area (Å²) >= 11 is 3.24. The molecule has 2 heterocycles. The number of anilines is 1. The van der Waals surface area contributed by atoms with Crippen molar-refractivity contribution in [2.45, 2.75) is 0 Å². The Morgan fingerprint density at radius 2 is 1.51 bits per heavy atom. The minimum atomic E-state index is -0.379. The maximum absolute atomic E-state index is 13.5. The summed E-state index contributed by atoms with van der Waals surface area (Å²) in [6.07, 6.45) is 1.70. The topological polar surface area (TPSA) is 96.0 Å². The van der Waals surface area contributed by atoms with Crippen molar-refractivity contribution in [2.24, 2.45) is 0 Å². The molecule has 0 aliphatic heterocycles. The maximum Gasteiger partial charge on any atom is 0.270 e. The van der Waals surface area contributed by atoms with Crippen molar-refractivity contribution in [3.8, 4) is 28.6 Å². The fraction of sp³-hybridized carbons (Fsp3) is 0.0606. The molecule has 0 atom stereocenters. The van der Waals surface area contributed by atoms with Gasteiger partial charge in [0.15, 0.2) is 5.78 Å². The van der Waals surface area contributed by atoms with Crippen molar-refractivity contribution in [3.05, 3.63) is 110 Å². The molecule has 41 heavy (non-hydrogen) atoms. The summed E-state index contributed by atoms with van der Waals surface area (Å²) in [6, 6.07) is 25.6. The molecule has 1 aliphatic carbocycles. The molecule has 8 heteroatoms. The lowest BCUT2D eigenvalue weighted by molar-refractivity contribution is 0.104. The van der Waals surface area contributed by atoms with Gasteiger partial charge in [-0.3, -0.25) is 4.79 Å². The summed E-state index contributed by atoms with van der Waals surface area (Å²) < 4.78 is 2.20. The Morgan fingerprint density at radius 3 is 2.12 bits per heavy atom. The van der Waals surface area contributed by atoms with Crippen molar-refractivity contribution >= 4 is 66.0 Å². The summed E-state index contributed by atoms with van der Waals surface area (Å²) in [5, 5.41) is 30.8. The number of fused-ring (bicyclic) bond motifs is 3. The largest absolute Gasteiger partial charge is 0.378 e. The highest BCUT2D eigenvalue weighted by Crippen LogP contribution is 2.43. The predicted molar refractivity (Wildman–Crippen MR) is 164 cm³/mol. The molecule has 0 radical (unpaired) electrons. The maximum atomic E-state index is 13.5. The fourth-order valence-electron chi connectivity index (χ4n) is 4.98. The van der Waals surface area contributed by atoms with Crippen LogP contribution in [0, 0.1) is 40.6 Å². The number of allylic oxidation sites excluding steroid dienone is 3. The van der Waals surface area contributed by atoms with Crippen LogP contribution < -0.4 is 4.90 Å². The predicted octanol–water partition coefficient (Wildman–Crippen LogP) is 8.03. The van der Waals surface area contributed by atoms with Gasteiger partial charge in [0, 0.05) is 55.6 Å². The normalized spacial score (nSPS) is 14.4. The number of ketones is 1. The third-order valence-corrected chi connectivity index (χ3v) is 9.20. The SMILES string of the molecule is [C-]#[N+]/C(C#N)=C1\C(=C\c2cc3cc4sc(-c5ccc(N(C)C)cc5)cc4cc3s2)C(=O)c2cc(C#N)c(C#N)cc21. The molecule has 0 N–H and O–H groups in total. The minimum Gasteiger partial charge on any atom is -0.378 e. The van der Waals surface area contributed by atoms with E-state index in [2.05, 4.69) is 52.2 Å². The molecule has 1 aliphatic rings. The highest BCUT2D eigenvalue weighted by atomic mass is 32.1. The number of nitrogens with zero attached hydrogens (tertiary/aromatic N) is 5. The van der Waals surface area contributed by atoms with E-state index in [1.165, 1.54) is 28.3 Å². The van der Waals surface area contributed by atoms with E-state index in [4.69, 9.17) is 6.57 Å². The number of nitriles is 3. The highest BCUT2D eigenvalue weighted by molar-refractivity contribution is 7.23. The molecule has 0 bridgehead atoms. The van der Waals surface area contributed by atoms with Crippen molar-refractivity contribution < 1.29 is 4.79 Å². The standard InChI is InChI=1S/C33H17N5OS2/c1-37-28(17-36)32-25-9-21(15-34)22(16-35)10-26(25)33(39)27(32)14-24-8-19-11-31-20(13-30(19)40-24)12-29(41-31)18-4-6-23(7-5-18)38(2)3/h4-14H,2-3H3/b27-14-,32-28-. The monoisotopic (exact) mass is 563 g/mol. The quantitative estimate of drug-likeness (QED) is 0.126. The smallest absolute Gasteiger partial charge is 0.270 e. The molecular formula is C33H17N5OS2. The number of rotatable bonds is 3. The lowest BCUT2D eigenvalue weighted by Crippen LogP contribution is -2.07. The Hall–Kier alpha value is -5.51. The first kappa shape index (κ1) is 25.8. The van der Waals surface area contributed by atoms with Crippen molar-refractivity contribution in [1.29, 1.82) is 15.8 Å². The zero-order valence-corrected chi connectivity index (χ0v) is 23.4. The highest BCUT2D eigenvalue weighted by Gasteiger charge is 2.33. The van der Waals surface area contributed by atoms with Crippen LogP contribution in [0.2, 0.25) is 0 Å². The van der Waals surface area contributed by atoms with Gasteiger partial charge in [-0.05, 0) is 76.5 Å². The Labute approximate surface area is 244 Å². The molecule has 6 rings (SSSR count). The first-order valence-corrected chi connectivity index (χ1v) is 14.0. The number of carbonyl (C=O) groups excluding carboxylic acids is 1. The van der Waals surface area contributed by atoms with Crippen LogP contribution in [0.25, 0.3) is 47.1 Å². The molecule has 0 amide bonds. The van der Waals surface area contributed by atoms with Gasteiger partial charge in [-0.2, -0.15) is 10.5 Å². The third-order valence-electron chi connectivity index (χ3n) is 7.01. The summed E-state index contributed by atoms with van der Waals surface area (Å²) in [5.74, 6) is -0.379. The summed E-state index contributed by atoms with van der Waals surface area (Å²) in [7, 11) is 4.04. The van der Waals surface area contributed by atoms with Crippen LogP contribution in [0.15, 0.2) is 71.9 Å². The van der Waals surface area contributed by atoms with Gasteiger partial charge in [0.25, 0.3) is 5.70 Å². The molecule has 2 aromatic heterocycles. The van der Waals surface area contributed by atoms with Crippen molar-refractivity contribution in [1.82, 2.24) is 0 Å². The van der Waals surface area contributed by atoms with Crippen LogP contribution in [-0.2, 0) is 0 Å². The van der Waals surface area contributed by atoms with Gasteiger partial charge >= 0.3 is 0 Å². The molecule has 0 spiro atoms. The van der Waals surface area contributed by atoms with Gasteiger partial charge in [-0.1, -0.05) is 12.1 Å². The van der Waals surface area contributed by atoms with Crippen molar-refractivity contribution in [2.75, 3.05) is 19.0 Å². The number of thiophene rings is 2. The van der Waals surface area contributed by atoms with Crippen molar-refractivity contribution in [3.63, 3.8) is 0 Å². The Kier molecular flexibility index (Phi) is 6.22. The van der Waals surface area contributed by atoms with E-state index in [9.17, 15) is 20.6 Å². The third kappa shape index (κ3) is 4.26. The summed E-state index contributed by atoms with van der Waals surface area (Å²) in [5.41, 5.74) is 3.21. The number of hydrogen-bond donors (Lipinski definition) is 0. The number of carbonyl (C=O) groups is 1. The van der Waals surface area contributed by atoms with E-state index in [0.717, 1.165) is 36.3 Å². The van der Waals surface area contributed by atoms with Crippen LogP contribution in [-0.4, -0.2) is 19.9 Å². The first-order chi connectivity index (χ1) is 19.8. The Bertz CT molecular complexity index is 2120. The molecular weight excluding hydrogens is 547 g/mol. The van der Waals surface area contributed by atoms with Crippen LogP contribution in [0.3, 0.4) is 0 Å². The molecule has 6 nitrogen and oxygen atoms in total. The van der Waals surface area contributed by atoms with Gasteiger partial charge < -0.3 is 4.90 Å². The van der Waals surface area contributed by atoms with Crippen LogP contribution >= 0.6 is 22.7 Å². The molecule has 5 aromatic rings. The average Bonchev–Trinajstić information content (AvgIpc) is 3.65. The average molecular weight is 564 g/mol. The molecule has 192 valence electrons. The van der Waals surface area contributed by atoms with Gasteiger partial charge in [-0.15, -0.1) is 22.7 Å². The van der Waals surface area contributed by atoms with Crippen LogP contribution in [0.5, 0.6) is 0 Å². The van der Waals surface area contributed by atoms with E-state index in [-0.39, 0.29) is 39.3 Å². The van der Waals surface area contributed by atoms with Gasteiger partial charge in [-0.25, -0.2) is 10.1 Å². The number of hydrogen-bond acceptors (Lipinski definition) is 7. The first-order valence-electron chi connectivity index (χ1n) is 12.4. The fourth-order valence-corrected chi connectivity index (χ4v) is 7.12. The van der Waals surface area contributed by atoms with Gasteiger partial charge in [0.05, 0.1) is 23.8 Å². The van der Waals surface area contributed by atoms with E-state index in [1.807, 2.05) is 38.4 Å². The van der Waals surface area contributed by atoms with E-state index >= 15 is 0 Å². The van der Waals surface area contributed by atoms with E-state index in [0.29, 0.717) is 5.56 Å². The molecule has 0 saturated carbocycles. The van der Waals surface area contributed by atoms with Gasteiger partial charge in [0.1, 0.15) is 12.1 Å². The summed E-state index contributed by atoms with van der Waals surface area (Å²) in [6.45, 7) is 7.53. The van der Waals surface area contributed by atoms with Crippen LogP contribution in [0.1, 0.15) is 31.9 Å². The minimum absolute atomic E-state index is 0.0801. The van der Waals surface area contributed by atoms with E-state index in [1.54, 1.807) is 17.4 Å². The lowest BCUT2D eigenvalue weighted by atomic mass is 9.98. The second kappa shape index (κ2) is 9.91. The molecule has 0 saturated heterocycles. The number of benzene rings is 3. The molecule has 3 aromatic carbocycles. The number of Topliss-reactive ketones (excluding diaryl/α,β-unsaturated/α-hetero) is 1. The second-order valence-corrected chi connectivity index (χ2v) is 11.8. The summed E-state index contributed by atoms with van der Waals surface area (Å²) in [4.78, 5) is 20.9. The zero-order chi connectivity index (χ0) is 28.8. The van der Waals surface area contributed by atoms with E-state index < -0.39 is 0 Å². The zero-order valence-electron chi connectivity index (χ0n) is 21.8. The Balaban J connectivity index is 1.44.